The fourth-order valence-electron chi connectivity index (χ4n) is 1.89. The lowest BCUT2D eigenvalue weighted by Gasteiger charge is -2.09. The topological polar surface area (TPSA) is 42.2 Å². The smallest absolute Gasteiger partial charge is 0.253 e. The Morgan fingerprint density at radius 2 is 2.00 bits per heavy atom. The van der Waals surface area contributed by atoms with Crippen molar-refractivity contribution in [3.63, 3.8) is 0 Å². The third-order valence-corrected chi connectivity index (χ3v) is 2.91. The molecular formula is C13H20FNO2. The van der Waals surface area contributed by atoms with Crippen molar-refractivity contribution in [2.45, 2.75) is 52.5 Å². The van der Waals surface area contributed by atoms with Gasteiger partial charge in [-0.3, -0.25) is 9.36 Å². The summed E-state index contributed by atoms with van der Waals surface area (Å²) < 4.78 is 14.8. The van der Waals surface area contributed by atoms with E-state index in [2.05, 4.69) is 6.92 Å². The fourth-order valence-corrected chi connectivity index (χ4v) is 1.89. The molecule has 0 aliphatic rings. The lowest BCUT2D eigenvalue weighted by Crippen LogP contribution is -2.20. The van der Waals surface area contributed by atoms with E-state index in [-0.39, 0.29) is 12.1 Å². The number of nitrogens with zero attached hydrogens (tertiary/aromatic N) is 1. The second-order valence-electron chi connectivity index (χ2n) is 4.20. The summed E-state index contributed by atoms with van der Waals surface area (Å²) >= 11 is 0. The van der Waals surface area contributed by atoms with Crippen LogP contribution in [0.3, 0.4) is 0 Å². The highest BCUT2D eigenvalue weighted by Crippen LogP contribution is 2.18. The molecule has 4 heteroatoms. The second-order valence-corrected chi connectivity index (χ2v) is 4.20. The number of hydrogen-bond acceptors (Lipinski definition) is 2. The molecule has 3 nitrogen and oxygen atoms in total. The molecule has 1 aromatic rings. The third-order valence-electron chi connectivity index (χ3n) is 2.91. The highest BCUT2D eigenvalue weighted by Gasteiger charge is 2.13. The van der Waals surface area contributed by atoms with Gasteiger partial charge < -0.3 is 5.11 Å². The maximum absolute atomic E-state index is 13.7. The van der Waals surface area contributed by atoms with Gasteiger partial charge in [-0.2, -0.15) is 0 Å². The normalized spacial score (nSPS) is 10.8. The van der Waals surface area contributed by atoms with Crippen molar-refractivity contribution in [3.8, 4) is 5.88 Å². The van der Waals surface area contributed by atoms with Gasteiger partial charge in [-0.1, -0.05) is 26.2 Å². The highest BCUT2D eigenvalue weighted by atomic mass is 19.1. The van der Waals surface area contributed by atoms with Crippen LogP contribution in [0, 0.1) is 5.82 Å². The lowest BCUT2D eigenvalue weighted by atomic mass is 10.1. The zero-order chi connectivity index (χ0) is 12.8. The van der Waals surface area contributed by atoms with E-state index in [1.54, 1.807) is 6.92 Å². The third kappa shape index (κ3) is 3.32. The molecule has 1 N–H and O–H groups in total. The van der Waals surface area contributed by atoms with Crippen LogP contribution in [0.25, 0.3) is 0 Å². The van der Waals surface area contributed by atoms with Crippen molar-refractivity contribution >= 4 is 0 Å². The number of aryl methyl sites for hydroxylation is 1. The van der Waals surface area contributed by atoms with E-state index in [0.29, 0.717) is 12.0 Å². The molecular weight excluding hydrogens is 221 g/mol. The maximum Gasteiger partial charge on any atom is 0.253 e. The Morgan fingerprint density at radius 1 is 1.29 bits per heavy atom. The van der Waals surface area contributed by atoms with Crippen LogP contribution < -0.4 is 5.56 Å². The number of pyridine rings is 1. The van der Waals surface area contributed by atoms with Gasteiger partial charge >= 0.3 is 0 Å². The summed E-state index contributed by atoms with van der Waals surface area (Å²) in [5.74, 6) is -1.19. The summed E-state index contributed by atoms with van der Waals surface area (Å²) in [5.41, 5.74) is -0.00908. The van der Waals surface area contributed by atoms with Crippen LogP contribution in [-0.4, -0.2) is 9.67 Å². The van der Waals surface area contributed by atoms with Crippen molar-refractivity contribution in [1.29, 1.82) is 0 Å². The van der Waals surface area contributed by atoms with Crippen LogP contribution in [-0.2, 0) is 13.0 Å². The average Bonchev–Trinajstić information content (AvgIpc) is 2.31. The molecule has 1 heterocycles. The van der Waals surface area contributed by atoms with E-state index in [9.17, 15) is 14.3 Å². The number of unbranched alkanes of at least 4 members (excludes halogenated alkanes) is 3. The molecule has 0 fully saturated rings. The highest BCUT2D eigenvalue weighted by molar-refractivity contribution is 5.24. The van der Waals surface area contributed by atoms with Gasteiger partial charge in [0.25, 0.3) is 5.56 Å². The molecule has 96 valence electrons. The zero-order valence-electron chi connectivity index (χ0n) is 10.5. The molecule has 0 radical (unpaired) electrons. The molecule has 0 aliphatic carbocycles. The second kappa shape index (κ2) is 6.42. The molecule has 1 aromatic heterocycles. The summed E-state index contributed by atoms with van der Waals surface area (Å²) in [6, 6.07) is 1.30. The van der Waals surface area contributed by atoms with Gasteiger partial charge in [-0.05, 0) is 25.3 Å². The van der Waals surface area contributed by atoms with Crippen LogP contribution >= 0.6 is 0 Å². The number of aromatic nitrogens is 1. The van der Waals surface area contributed by atoms with Gasteiger partial charge in [-0.15, -0.1) is 0 Å². The summed E-state index contributed by atoms with van der Waals surface area (Å²) in [7, 11) is 0. The standard InChI is InChI=1S/C13H20FNO2/c1-3-5-6-7-8-10-9-11(16)15(4-2)13(17)12(10)14/h9,17H,3-8H2,1-2H3. The first-order chi connectivity index (χ1) is 8.11. The summed E-state index contributed by atoms with van der Waals surface area (Å²) in [5, 5.41) is 9.55. The van der Waals surface area contributed by atoms with E-state index in [1.807, 2.05) is 0 Å². The van der Waals surface area contributed by atoms with Gasteiger partial charge in [-0.25, -0.2) is 4.39 Å². The molecule has 0 unspecified atom stereocenters. The van der Waals surface area contributed by atoms with Crippen molar-refractivity contribution < 1.29 is 9.50 Å². The molecule has 17 heavy (non-hydrogen) atoms. The summed E-state index contributed by atoms with van der Waals surface area (Å²) in [6.07, 6.45) is 4.61. The first-order valence-corrected chi connectivity index (χ1v) is 6.23. The van der Waals surface area contributed by atoms with E-state index < -0.39 is 11.7 Å². The van der Waals surface area contributed by atoms with Crippen LogP contribution in [0.4, 0.5) is 4.39 Å². The van der Waals surface area contributed by atoms with Gasteiger partial charge in [0.15, 0.2) is 5.82 Å². The minimum absolute atomic E-state index is 0.275. The minimum Gasteiger partial charge on any atom is -0.492 e. The van der Waals surface area contributed by atoms with Crippen LogP contribution in [0.1, 0.15) is 45.1 Å². The zero-order valence-corrected chi connectivity index (χ0v) is 10.5. The van der Waals surface area contributed by atoms with Gasteiger partial charge in [0.1, 0.15) is 0 Å². The van der Waals surface area contributed by atoms with E-state index >= 15 is 0 Å². The van der Waals surface area contributed by atoms with Gasteiger partial charge in [0.2, 0.25) is 5.88 Å². The lowest BCUT2D eigenvalue weighted by molar-refractivity contribution is 0.370. The SMILES string of the molecule is CCCCCCc1cc(=O)n(CC)c(O)c1F. The van der Waals surface area contributed by atoms with Crippen molar-refractivity contribution in [1.82, 2.24) is 4.57 Å². The van der Waals surface area contributed by atoms with Crippen molar-refractivity contribution in [3.05, 3.63) is 27.8 Å². The van der Waals surface area contributed by atoms with E-state index in [0.717, 1.165) is 30.3 Å². The van der Waals surface area contributed by atoms with Crippen molar-refractivity contribution in [2.75, 3.05) is 0 Å². The number of hydrogen-bond donors (Lipinski definition) is 1. The Kier molecular flexibility index (Phi) is 5.19. The molecule has 0 saturated carbocycles. The Hall–Kier alpha value is -1.32. The Labute approximate surface area is 101 Å². The Bertz CT molecular complexity index is 426. The molecule has 0 aliphatic heterocycles. The summed E-state index contributed by atoms with van der Waals surface area (Å²) in [6.45, 7) is 4.08. The predicted octanol–water partition coefficient (Wildman–Crippen LogP) is 2.84. The molecule has 0 aromatic carbocycles. The molecule has 0 bridgehead atoms. The number of aromatic hydroxyl groups is 1. The van der Waals surface area contributed by atoms with Crippen LogP contribution in [0.15, 0.2) is 10.9 Å². The summed E-state index contributed by atoms with van der Waals surface area (Å²) in [4.78, 5) is 11.6. The molecule has 0 saturated heterocycles. The minimum atomic E-state index is -0.650. The van der Waals surface area contributed by atoms with E-state index in [4.69, 9.17) is 0 Å². The maximum atomic E-state index is 13.7. The quantitative estimate of drug-likeness (QED) is 0.778. The first kappa shape index (κ1) is 13.7. The Morgan fingerprint density at radius 3 is 2.59 bits per heavy atom. The fraction of sp³-hybridized carbons (Fsp3) is 0.615. The largest absolute Gasteiger partial charge is 0.492 e. The van der Waals surface area contributed by atoms with E-state index in [1.165, 1.54) is 6.07 Å². The predicted molar refractivity (Wildman–Crippen MR) is 65.8 cm³/mol. The average molecular weight is 241 g/mol. The molecule has 1 rings (SSSR count). The first-order valence-electron chi connectivity index (χ1n) is 6.23. The molecule has 0 amide bonds. The number of halogens is 1. The van der Waals surface area contributed by atoms with Crippen molar-refractivity contribution in [2.24, 2.45) is 0 Å². The molecule has 0 atom stereocenters. The van der Waals surface area contributed by atoms with Gasteiger partial charge in [0, 0.05) is 12.6 Å². The Balaban J connectivity index is 2.84. The molecule has 0 spiro atoms. The monoisotopic (exact) mass is 241 g/mol. The van der Waals surface area contributed by atoms with Gasteiger partial charge in [0.05, 0.1) is 0 Å². The van der Waals surface area contributed by atoms with Crippen LogP contribution in [0.2, 0.25) is 0 Å². The van der Waals surface area contributed by atoms with Crippen LogP contribution in [0.5, 0.6) is 5.88 Å². The number of rotatable bonds is 6.